The Bertz CT molecular complexity index is 1330. The highest BCUT2D eigenvalue weighted by atomic mass is 19.1. The SMILES string of the molecule is CCCCCC(=O)OCC(CON=C1CN(c2ncc(-c3cccc(COC(=O)NC(=N)N)c3F)cn2)C1)COC1CCCCO1. The van der Waals surface area contributed by atoms with E-state index < -0.39 is 17.9 Å². The number of carbonyl (C=O) groups is 2. The van der Waals surface area contributed by atoms with Gasteiger partial charge in [0.1, 0.15) is 19.0 Å². The summed E-state index contributed by atoms with van der Waals surface area (Å²) < 4.78 is 37.1. The van der Waals surface area contributed by atoms with Crippen molar-refractivity contribution in [2.45, 2.75) is 64.8 Å². The number of alkyl carbamates (subject to hydrolysis) is 1. The number of guanidine groups is 1. The topological polar surface area (TPSA) is 184 Å². The molecule has 2 aliphatic heterocycles. The molecule has 2 aromatic rings. The molecule has 3 heterocycles. The zero-order valence-corrected chi connectivity index (χ0v) is 26.0. The quantitative estimate of drug-likeness (QED) is 0.0793. The summed E-state index contributed by atoms with van der Waals surface area (Å²) in [5.74, 6) is -1.11. The second kappa shape index (κ2) is 17.9. The number of hydrogen-bond acceptors (Lipinski definition) is 12. The number of aromatic nitrogens is 2. The van der Waals surface area contributed by atoms with Gasteiger partial charge in [-0.1, -0.05) is 43.1 Å². The predicted octanol–water partition coefficient (Wildman–Crippen LogP) is 3.88. The number of ether oxygens (including phenoxy) is 4. The first-order chi connectivity index (χ1) is 22.3. The average molecular weight is 644 g/mol. The summed E-state index contributed by atoms with van der Waals surface area (Å²) >= 11 is 0. The summed E-state index contributed by atoms with van der Waals surface area (Å²) in [5, 5.41) is 13.3. The van der Waals surface area contributed by atoms with E-state index in [2.05, 4.69) is 22.0 Å². The molecular weight excluding hydrogens is 601 g/mol. The lowest BCUT2D eigenvalue weighted by Crippen LogP contribution is -2.48. The van der Waals surface area contributed by atoms with E-state index in [4.69, 9.17) is 34.9 Å². The Balaban J connectivity index is 1.25. The fraction of sp³-hybridized carbons (Fsp3) is 0.548. The van der Waals surface area contributed by atoms with E-state index in [1.54, 1.807) is 12.1 Å². The van der Waals surface area contributed by atoms with Crippen molar-refractivity contribution in [3.05, 3.63) is 42.0 Å². The second-order valence-electron chi connectivity index (χ2n) is 11.1. The molecule has 4 N–H and O–H groups in total. The number of nitrogens with one attached hydrogen (secondary N) is 2. The number of nitrogens with zero attached hydrogens (tertiary/aromatic N) is 4. The monoisotopic (exact) mass is 643 g/mol. The van der Waals surface area contributed by atoms with E-state index in [1.807, 2.05) is 10.2 Å². The van der Waals surface area contributed by atoms with Crippen LogP contribution in [-0.2, 0) is 35.2 Å². The smallest absolute Gasteiger partial charge is 0.414 e. The first-order valence-electron chi connectivity index (χ1n) is 15.5. The van der Waals surface area contributed by atoms with Crippen LogP contribution in [0.4, 0.5) is 15.1 Å². The van der Waals surface area contributed by atoms with Gasteiger partial charge in [0.2, 0.25) is 5.95 Å². The number of amides is 1. The molecular formula is C31H42FN7O7. The van der Waals surface area contributed by atoms with Crippen LogP contribution in [0, 0.1) is 17.1 Å². The van der Waals surface area contributed by atoms with E-state index in [-0.39, 0.29) is 49.1 Å². The summed E-state index contributed by atoms with van der Waals surface area (Å²) in [6.07, 6.45) is 7.98. The molecule has 14 nitrogen and oxygen atoms in total. The number of halogens is 1. The van der Waals surface area contributed by atoms with Crippen LogP contribution in [0.25, 0.3) is 11.1 Å². The molecule has 1 aromatic carbocycles. The van der Waals surface area contributed by atoms with Gasteiger partial charge in [0.15, 0.2) is 12.2 Å². The van der Waals surface area contributed by atoms with E-state index in [9.17, 15) is 9.59 Å². The van der Waals surface area contributed by atoms with Crippen molar-refractivity contribution in [2.24, 2.45) is 16.8 Å². The van der Waals surface area contributed by atoms with Crippen molar-refractivity contribution in [1.29, 1.82) is 5.41 Å². The third kappa shape index (κ3) is 10.9. The van der Waals surface area contributed by atoms with E-state index in [0.29, 0.717) is 44.2 Å². The number of unbranched alkanes of at least 4 members (excludes halogenated alkanes) is 2. The zero-order chi connectivity index (χ0) is 32.7. The van der Waals surface area contributed by atoms with Crippen LogP contribution < -0.4 is 16.0 Å². The standard InChI is InChI=1S/C31H42FN7O7/c1-2-3-4-10-26(40)43-17-21(18-44-27-11-5-6-12-42-27)19-46-38-24-15-39(16-24)30-35-13-23(14-36-30)25-9-7-8-22(28(25)32)20-45-31(41)37-29(33)34/h7-9,13-14,21,27H,2-6,10-12,15-20H2,1H3,(H4,33,34,37,41). The molecule has 0 radical (unpaired) electrons. The van der Waals surface area contributed by atoms with Crippen LogP contribution in [0.3, 0.4) is 0 Å². The summed E-state index contributed by atoms with van der Waals surface area (Å²) in [4.78, 5) is 40.0. The maximum Gasteiger partial charge on any atom is 0.414 e. The Morgan fingerprint density at radius 3 is 2.70 bits per heavy atom. The van der Waals surface area contributed by atoms with E-state index >= 15 is 4.39 Å². The number of rotatable bonds is 16. The molecule has 0 aliphatic carbocycles. The van der Waals surface area contributed by atoms with Crippen molar-refractivity contribution in [3.63, 3.8) is 0 Å². The van der Waals surface area contributed by atoms with Crippen LogP contribution in [0.5, 0.6) is 0 Å². The minimum Gasteiger partial charge on any atom is -0.465 e. The van der Waals surface area contributed by atoms with Gasteiger partial charge < -0.3 is 34.4 Å². The Morgan fingerprint density at radius 1 is 1.17 bits per heavy atom. The lowest BCUT2D eigenvalue weighted by Gasteiger charge is -2.32. The first-order valence-corrected chi connectivity index (χ1v) is 15.5. The fourth-order valence-corrected chi connectivity index (χ4v) is 4.69. The molecule has 2 fully saturated rings. The number of oxime groups is 1. The lowest BCUT2D eigenvalue weighted by molar-refractivity contribution is -0.176. The summed E-state index contributed by atoms with van der Waals surface area (Å²) in [6.45, 7) is 4.08. The molecule has 0 saturated carbocycles. The second-order valence-corrected chi connectivity index (χ2v) is 11.1. The highest BCUT2D eigenvalue weighted by Crippen LogP contribution is 2.26. The van der Waals surface area contributed by atoms with Crippen molar-refractivity contribution < 1.29 is 37.8 Å². The molecule has 2 atom stereocenters. The van der Waals surface area contributed by atoms with Gasteiger partial charge in [0, 0.05) is 42.1 Å². The van der Waals surface area contributed by atoms with Gasteiger partial charge in [-0.15, -0.1) is 0 Å². The Morgan fingerprint density at radius 2 is 1.98 bits per heavy atom. The van der Waals surface area contributed by atoms with Gasteiger partial charge in [-0.25, -0.2) is 19.2 Å². The zero-order valence-electron chi connectivity index (χ0n) is 26.0. The van der Waals surface area contributed by atoms with Crippen molar-refractivity contribution in [3.8, 4) is 11.1 Å². The van der Waals surface area contributed by atoms with E-state index in [1.165, 1.54) is 18.5 Å². The van der Waals surface area contributed by atoms with E-state index in [0.717, 1.165) is 44.2 Å². The molecule has 15 heteroatoms. The minimum absolute atomic E-state index is 0.144. The van der Waals surface area contributed by atoms with Crippen LogP contribution in [-0.4, -0.2) is 79.5 Å². The highest BCUT2D eigenvalue weighted by molar-refractivity contribution is 5.98. The van der Waals surface area contributed by atoms with Crippen molar-refractivity contribution >= 4 is 29.7 Å². The normalized spacial score (nSPS) is 16.6. The van der Waals surface area contributed by atoms with Gasteiger partial charge in [-0.05, 0) is 25.7 Å². The summed E-state index contributed by atoms with van der Waals surface area (Å²) in [7, 11) is 0. The molecule has 2 saturated heterocycles. The molecule has 46 heavy (non-hydrogen) atoms. The largest absolute Gasteiger partial charge is 0.465 e. The minimum atomic E-state index is -0.954. The highest BCUT2D eigenvalue weighted by Gasteiger charge is 2.26. The third-order valence-corrected chi connectivity index (χ3v) is 7.28. The molecule has 250 valence electrons. The molecule has 1 aromatic heterocycles. The van der Waals surface area contributed by atoms with Gasteiger partial charge in [0.05, 0.1) is 37.9 Å². The van der Waals surface area contributed by atoms with Gasteiger partial charge in [-0.2, -0.15) is 0 Å². The first kappa shape index (κ1) is 34.5. The van der Waals surface area contributed by atoms with Crippen LogP contribution in [0.1, 0.15) is 57.4 Å². The maximum absolute atomic E-state index is 15.1. The molecule has 2 unspecified atom stereocenters. The summed E-state index contributed by atoms with van der Waals surface area (Å²) in [5.41, 5.74) is 6.73. The fourth-order valence-electron chi connectivity index (χ4n) is 4.69. The van der Waals surface area contributed by atoms with Gasteiger partial charge in [-0.3, -0.25) is 15.5 Å². The van der Waals surface area contributed by atoms with Crippen LogP contribution in [0.15, 0.2) is 35.7 Å². The Labute approximate surface area is 267 Å². The molecule has 0 spiro atoms. The third-order valence-electron chi connectivity index (χ3n) is 7.28. The van der Waals surface area contributed by atoms with Gasteiger partial charge >= 0.3 is 12.1 Å². The Hall–Kier alpha value is -4.37. The average Bonchev–Trinajstić information content (AvgIpc) is 3.03. The van der Waals surface area contributed by atoms with Crippen LogP contribution >= 0.6 is 0 Å². The number of carbonyl (C=O) groups excluding carboxylic acids is 2. The molecule has 2 aliphatic rings. The number of hydrogen-bond donors (Lipinski definition) is 3. The number of nitrogens with two attached hydrogens (primary N) is 1. The molecule has 1 amide bonds. The van der Waals surface area contributed by atoms with Crippen molar-refractivity contribution in [1.82, 2.24) is 15.3 Å². The number of benzene rings is 1. The predicted molar refractivity (Wildman–Crippen MR) is 166 cm³/mol. The number of esters is 1. The maximum atomic E-state index is 15.1. The number of anilines is 1. The molecule has 4 rings (SSSR count). The Kier molecular flexibility index (Phi) is 13.5. The van der Waals surface area contributed by atoms with Crippen molar-refractivity contribution in [2.75, 3.05) is 44.4 Å². The summed E-state index contributed by atoms with van der Waals surface area (Å²) in [6, 6.07) is 4.69. The van der Waals surface area contributed by atoms with Crippen LogP contribution in [0.2, 0.25) is 0 Å². The van der Waals surface area contributed by atoms with Gasteiger partial charge in [0.25, 0.3) is 0 Å². The lowest BCUT2D eigenvalue weighted by atomic mass is 10.1. The molecule has 0 bridgehead atoms.